The summed E-state index contributed by atoms with van der Waals surface area (Å²) >= 11 is 3.25. The van der Waals surface area contributed by atoms with Crippen LogP contribution in [0.2, 0.25) is 0 Å². The van der Waals surface area contributed by atoms with Crippen LogP contribution >= 0.6 is 30.7 Å². The molecule has 118 heavy (non-hydrogen) atoms. The number of carbonyl (C=O) groups excluding carboxylic acids is 4. The SMILES string of the molecule is Brc1cccnc1.CC(/C=C/C=C1/C=C(c2cccnc2)CCC1)=C\C#N.CC(/C=C/C=C1/C=C(c2cccnc2)CCC1)=C\C=O.CCOP(C)(=O)C/C(C)=C/C#N.CCOP(C)(=O)CC#N.N#C/C=C1/C=C(c2cccnc2)CCC1.O=C/C=C1/C=C(c2cccnc2)CCC1.O=C1C=C(c2cccnc2)CCC1.O=C1C=CCCC1. The Morgan fingerprint density at radius 2 is 0.847 bits per heavy atom. The number of hydrogen-bond acceptors (Lipinski definition) is 18. The smallest absolute Gasteiger partial charge is 0.213 e. The Kier molecular flexibility index (Phi) is 50.3. The third-order valence-corrected chi connectivity index (χ3v) is 21.5. The van der Waals surface area contributed by atoms with Gasteiger partial charge in [0, 0.05) is 129 Å². The molecule has 2 unspecified atom stereocenters. The highest BCUT2D eigenvalue weighted by Crippen LogP contribution is 2.44. The number of nitriles is 4. The van der Waals surface area contributed by atoms with Crippen LogP contribution in [-0.2, 0) is 37.4 Å². The summed E-state index contributed by atoms with van der Waals surface area (Å²) in [5, 5.41) is 33.6. The van der Waals surface area contributed by atoms with E-state index in [9.17, 15) is 28.3 Å². The van der Waals surface area contributed by atoms with Crippen LogP contribution in [-0.4, -0.2) is 92.9 Å². The Morgan fingerprint density at radius 1 is 0.458 bits per heavy atom. The molecule has 18 nitrogen and oxygen atoms in total. The van der Waals surface area contributed by atoms with Crippen LogP contribution in [0, 0.1) is 45.3 Å². The van der Waals surface area contributed by atoms with Gasteiger partial charge < -0.3 is 9.05 Å². The van der Waals surface area contributed by atoms with Gasteiger partial charge in [0.1, 0.15) is 18.7 Å². The predicted molar refractivity (Wildman–Crippen MR) is 482 cm³/mol. The van der Waals surface area contributed by atoms with E-state index >= 15 is 0 Å². The molecule has 612 valence electrons. The van der Waals surface area contributed by atoms with Gasteiger partial charge in [-0.25, -0.2) is 0 Å². The second kappa shape index (κ2) is 60.1. The summed E-state index contributed by atoms with van der Waals surface area (Å²) in [4.78, 5) is 66.7. The maximum Gasteiger partial charge on any atom is 0.213 e. The van der Waals surface area contributed by atoms with E-state index in [0.717, 1.165) is 158 Å². The highest BCUT2D eigenvalue weighted by molar-refractivity contribution is 9.10. The van der Waals surface area contributed by atoms with Crippen molar-refractivity contribution in [2.75, 3.05) is 38.9 Å². The summed E-state index contributed by atoms with van der Waals surface area (Å²) in [5.74, 6) is 0.524. The van der Waals surface area contributed by atoms with Crippen molar-refractivity contribution in [3.8, 4) is 24.3 Å². The van der Waals surface area contributed by atoms with Crippen molar-refractivity contribution in [3.05, 3.63) is 328 Å². The fourth-order valence-corrected chi connectivity index (χ4v) is 14.9. The molecule has 0 aromatic carbocycles. The van der Waals surface area contributed by atoms with E-state index in [1.807, 2.05) is 136 Å². The quantitative estimate of drug-likeness (QED) is 0.0254. The predicted octanol–water partition coefficient (Wildman–Crippen LogP) is 24.0. The van der Waals surface area contributed by atoms with Crippen molar-refractivity contribution in [3.63, 3.8) is 0 Å². The maximum atomic E-state index is 11.5. The first-order chi connectivity index (χ1) is 57.2. The maximum absolute atomic E-state index is 11.5. The van der Waals surface area contributed by atoms with Crippen molar-refractivity contribution in [1.29, 1.82) is 21.0 Å². The van der Waals surface area contributed by atoms with Crippen molar-refractivity contribution >= 4 is 82.7 Å². The number of pyridine rings is 6. The summed E-state index contributed by atoms with van der Waals surface area (Å²) in [7, 11) is -5.05. The van der Waals surface area contributed by atoms with Gasteiger partial charge in [-0.15, -0.1) is 0 Å². The number of rotatable bonds is 18. The number of hydrogen-bond donors (Lipinski definition) is 0. The number of nitrogens with zero attached hydrogens (tertiary/aromatic N) is 10. The molecule has 0 amide bonds. The molecule has 6 aromatic heterocycles. The minimum atomic E-state index is -2.55. The van der Waals surface area contributed by atoms with Crippen molar-refractivity contribution in [2.24, 2.45) is 0 Å². The van der Waals surface area contributed by atoms with Crippen LogP contribution < -0.4 is 0 Å². The standard InChI is InChI=1S/C18H18N2.C18H19NO.C13H12N2.C13H13NO.C11H11NO.C8H14NO2P.C6H8O.C5H4BrN.C5H10NO2P/c1-15(10-11-19)5-2-6-16-7-3-8-17(13-16)18-9-4-12-20-14-18;1-15(10-12-20)5-2-6-16-7-3-8-17(13-16)18-9-4-11-19-14-18;14-7-6-11-3-1-4-12(9-11)13-5-2-8-15-10-13;15-8-6-11-3-1-4-12(9-11)13-5-2-7-14-10-13;13-11-5-1-3-9(7-11)10-4-2-6-12-8-10;1-4-11-12(3,10)7-8(2)5-6-9;7-6-4-2-1-3-5-6;6-5-2-1-3-7-4-5;1-3-8-9(2,7)5-4-6/h2,4-6,9-10,12-14H,3,7-8H2,1H3;2,4-6,9-14H,3,7-8H2,1H3;2,5-6,8-10H,1,3-4H2;2,5-10H,1,3-4H2;2,4,6-8H,1,3,5H2;5H,4,7H2,1-3H3;2,4H,1,3,5H2;1-4H;3,5H2,1-2H3/b2*5-2+,15-10+,16-6+;2*11-6+;;8-5+;;;. The molecule has 0 saturated carbocycles. The van der Waals surface area contributed by atoms with Crippen LogP contribution in [0.25, 0.3) is 27.9 Å². The van der Waals surface area contributed by atoms with Gasteiger partial charge in [0.15, 0.2) is 11.6 Å². The third kappa shape index (κ3) is 44.6. The van der Waals surface area contributed by atoms with Gasteiger partial charge in [0.25, 0.3) is 0 Å². The van der Waals surface area contributed by atoms with Gasteiger partial charge in [0.2, 0.25) is 14.7 Å². The first-order valence-electron chi connectivity index (χ1n) is 39.5. The molecule has 0 radical (unpaired) electrons. The number of allylic oxidation sites excluding steroid dienone is 30. The molecule has 0 aliphatic heterocycles. The summed E-state index contributed by atoms with van der Waals surface area (Å²) in [6, 6.07) is 31.7. The van der Waals surface area contributed by atoms with E-state index in [1.165, 1.54) is 75.7 Å². The second-order valence-electron chi connectivity index (χ2n) is 27.7. The van der Waals surface area contributed by atoms with Gasteiger partial charge in [0.05, 0.1) is 37.5 Å². The van der Waals surface area contributed by atoms with Crippen LogP contribution in [0.3, 0.4) is 0 Å². The average molecular weight is 1680 g/mol. The number of ketones is 2. The van der Waals surface area contributed by atoms with Crippen LogP contribution in [0.5, 0.6) is 0 Å². The lowest BCUT2D eigenvalue weighted by atomic mass is 9.91. The first-order valence-corrected chi connectivity index (χ1v) is 44.8. The van der Waals surface area contributed by atoms with E-state index in [4.69, 9.17) is 30.1 Å². The molecule has 6 aliphatic carbocycles. The number of aromatic nitrogens is 6. The van der Waals surface area contributed by atoms with E-state index in [0.29, 0.717) is 25.8 Å². The zero-order valence-electron chi connectivity index (χ0n) is 69.0. The molecule has 2 atom stereocenters. The van der Waals surface area contributed by atoms with Crippen molar-refractivity contribution in [1.82, 2.24) is 29.9 Å². The molecular formula is C97H109BrN10O8P2. The molecular weight excluding hydrogens is 1570 g/mol. The fourth-order valence-electron chi connectivity index (χ4n) is 12.1. The highest BCUT2D eigenvalue weighted by Gasteiger charge is 2.17. The largest absolute Gasteiger partial charge is 0.329 e. The fraction of sp³-hybridized carbons (Fsp3) is 0.299. The summed E-state index contributed by atoms with van der Waals surface area (Å²) in [6.07, 6.45) is 76.6. The Balaban J connectivity index is 0.000000285. The van der Waals surface area contributed by atoms with Gasteiger partial charge >= 0.3 is 0 Å². The molecule has 0 fully saturated rings. The number of halogens is 1. The Labute approximate surface area is 707 Å². The number of aldehydes is 2. The molecule has 0 N–H and O–H groups in total. The molecule has 6 aromatic rings. The lowest BCUT2D eigenvalue weighted by molar-refractivity contribution is -0.115. The second-order valence-corrected chi connectivity index (χ2v) is 33.8. The zero-order valence-corrected chi connectivity index (χ0v) is 72.3. The number of carbonyl (C=O) groups is 4. The summed E-state index contributed by atoms with van der Waals surface area (Å²) < 4.78 is 33.4. The van der Waals surface area contributed by atoms with Gasteiger partial charge in [-0.1, -0.05) is 103 Å². The normalized spacial score (nSPS) is 17.4. The lowest BCUT2D eigenvalue weighted by Crippen LogP contribution is -2.01. The van der Waals surface area contributed by atoms with E-state index in [-0.39, 0.29) is 17.7 Å². The molecule has 0 bridgehead atoms. The topological polar surface area (TPSA) is 293 Å². The zero-order chi connectivity index (χ0) is 85.7. The average Bonchev–Trinajstić information content (AvgIpc) is 0.877. The minimum absolute atomic E-state index is 0.0147. The Morgan fingerprint density at radius 3 is 1.18 bits per heavy atom. The minimum Gasteiger partial charge on any atom is -0.329 e. The monoisotopic (exact) mass is 1680 g/mol. The Bertz CT molecular complexity index is 4920. The van der Waals surface area contributed by atoms with Crippen LogP contribution in [0.4, 0.5) is 0 Å². The molecule has 6 heterocycles. The Hall–Kier alpha value is -11.5. The molecule has 6 aliphatic rings. The third-order valence-electron chi connectivity index (χ3n) is 17.7. The van der Waals surface area contributed by atoms with Crippen LogP contribution in [0.15, 0.2) is 300 Å². The summed E-state index contributed by atoms with van der Waals surface area (Å²) in [6.45, 7) is 13.1. The van der Waals surface area contributed by atoms with Gasteiger partial charge in [-0.05, 0) is 309 Å². The molecule has 12 rings (SSSR count). The summed E-state index contributed by atoms with van der Waals surface area (Å²) in [5.41, 5.74) is 19.9. The highest BCUT2D eigenvalue weighted by atomic mass is 79.9. The van der Waals surface area contributed by atoms with E-state index in [1.54, 1.807) is 113 Å². The van der Waals surface area contributed by atoms with Gasteiger partial charge in [-0.3, -0.25) is 58.2 Å². The first kappa shape index (κ1) is 98.9. The van der Waals surface area contributed by atoms with E-state index in [2.05, 4.69) is 113 Å². The van der Waals surface area contributed by atoms with Crippen LogP contribution in [0.1, 0.15) is 178 Å². The molecule has 0 spiro atoms. The lowest BCUT2D eigenvalue weighted by Gasteiger charge is -2.14. The van der Waals surface area contributed by atoms with Gasteiger partial charge in [-0.2, -0.15) is 21.0 Å². The molecule has 21 heteroatoms. The van der Waals surface area contributed by atoms with Crippen molar-refractivity contribution < 1.29 is 37.4 Å². The molecule has 0 saturated heterocycles. The van der Waals surface area contributed by atoms with Crippen molar-refractivity contribution in [2.45, 2.75) is 150 Å². The van der Waals surface area contributed by atoms with E-state index < -0.39 is 14.7 Å².